The minimum Gasteiger partial charge on any atom is -0.492 e. The van der Waals surface area contributed by atoms with E-state index in [1.165, 1.54) is 11.1 Å². The maximum Gasteiger partial charge on any atom is 0.213 e. The molecule has 1 fully saturated rings. The van der Waals surface area contributed by atoms with Gasteiger partial charge < -0.3 is 19.7 Å². The van der Waals surface area contributed by atoms with E-state index in [4.69, 9.17) is 21.7 Å². The predicted octanol–water partition coefficient (Wildman–Crippen LogP) is 3.81. The second-order valence-corrected chi connectivity index (χ2v) is 7.92. The van der Waals surface area contributed by atoms with Gasteiger partial charge in [0.2, 0.25) is 5.88 Å². The van der Waals surface area contributed by atoms with Crippen molar-refractivity contribution in [1.82, 2.24) is 9.88 Å². The molecule has 1 N–H and O–H groups in total. The molecule has 0 saturated carbocycles. The summed E-state index contributed by atoms with van der Waals surface area (Å²) in [6, 6.07) is 10.2. The van der Waals surface area contributed by atoms with Crippen molar-refractivity contribution in [2.75, 3.05) is 32.1 Å². The number of para-hydroxylation sites is 1. The van der Waals surface area contributed by atoms with Gasteiger partial charge in [-0.15, -0.1) is 0 Å². The van der Waals surface area contributed by atoms with E-state index in [0.29, 0.717) is 5.88 Å². The molecule has 1 saturated heterocycles. The number of thiocarbonyl (C=S) groups is 1. The zero-order valence-electron chi connectivity index (χ0n) is 15.8. The molecule has 1 aromatic heterocycles. The van der Waals surface area contributed by atoms with E-state index in [2.05, 4.69) is 40.3 Å². The standard InChI is InChI=1S/C21H25N3O2S/c1-15-4-3-5-16-12-21(14-26-19(15)16)8-10-24(11-9-21)20(27)23-17-6-7-18(25-2)22-13-17/h3-7,13H,8-12,14H2,1-2H3,(H,23,27). The van der Waals surface area contributed by atoms with Gasteiger partial charge in [-0.05, 0) is 55.6 Å². The number of benzene rings is 1. The lowest BCUT2D eigenvalue weighted by molar-refractivity contribution is 0.0617. The van der Waals surface area contributed by atoms with Crippen molar-refractivity contribution in [1.29, 1.82) is 0 Å². The average molecular weight is 384 g/mol. The van der Waals surface area contributed by atoms with Crippen LogP contribution >= 0.6 is 12.2 Å². The first-order chi connectivity index (χ1) is 13.1. The average Bonchev–Trinajstić information content (AvgIpc) is 2.69. The zero-order valence-corrected chi connectivity index (χ0v) is 16.6. The molecule has 27 heavy (non-hydrogen) atoms. The molecule has 1 spiro atoms. The van der Waals surface area contributed by atoms with Crippen LogP contribution in [0, 0.1) is 12.3 Å². The Kier molecular flexibility index (Phi) is 4.91. The fraction of sp³-hybridized carbons (Fsp3) is 0.429. The number of likely N-dealkylation sites (tertiary alicyclic amines) is 1. The summed E-state index contributed by atoms with van der Waals surface area (Å²) in [6.45, 7) is 4.82. The van der Waals surface area contributed by atoms with Crippen molar-refractivity contribution in [3.8, 4) is 11.6 Å². The molecule has 2 aromatic rings. The van der Waals surface area contributed by atoms with Crippen LogP contribution in [0.1, 0.15) is 24.0 Å². The molecular formula is C21H25N3O2S. The minimum absolute atomic E-state index is 0.231. The number of ether oxygens (including phenoxy) is 2. The van der Waals surface area contributed by atoms with Crippen molar-refractivity contribution in [3.63, 3.8) is 0 Å². The summed E-state index contributed by atoms with van der Waals surface area (Å²) in [5, 5.41) is 4.04. The second-order valence-electron chi connectivity index (χ2n) is 7.54. The summed E-state index contributed by atoms with van der Waals surface area (Å²) in [7, 11) is 1.61. The van der Waals surface area contributed by atoms with E-state index in [1.807, 2.05) is 12.1 Å². The van der Waals surface area contributed by atoms with E-state index in [-0.39, 0.29) is 5.41 Å². The van der Waals surface area contributed by atoms with Crippen LogP contribution in [0.15, 0.2) is 36.5 Å². The highest BCUT2D eigenvalue weighted by atomic mass is 32.1. The molecule has 142 valence electrons. The van der Waals surface area contributed by atoms with Crippen LogP contribution < -0.4 is 14.8 Å². The number of hydrogen-bond donors (Lipinski definition) is 1. The molecule has 0 bridgehead atoms. The van der Waals surface area contributed by atoms with E-state index < -0.39 is 0 Å². The Labute approximate surface area is 165 Å². The molecule has 4 rings (SSSR count). The maximum atomic E-state index is 6.17. The molecule has 5 nitrogen and oxygen atoms in total. The Hall–Kier alpha value is -2.34. The van der Waals surface area contributed by atoms with E-state index in [1.54, 1.807) is 13.3 Å². The van der Waals surface area contributed by atoms with Gasteiger partial charge in [0.05, 0.1) is 25.6 Å². The van der Waals surface area contributed by atoms with Crippen LogP contribution in [-0.2, 0) is 6.42 Å². The fourth-order valence-corrected chi connectivity index (χ4v) is 4.32. The van der Waals surface area contributed by atoms with Crippen molar-refractivity contribution < 1.29 is 9.47 Å². The van der Waals surface area contributed by atoms with Crippen molar-refractivity contribution >= 4 is 23.0 Å². The number of rotatable bonds is 2. The van der Waals surface area contributed by atoms with Crippen LogP contribution in [0.3, 0.4) is 0 Å². The first-order valence-corrected chi connectivity index (χ1v) is 9.77. The quantitative estimate of drug-likeness (QED) is 0.796. The first-order valence-electron chi connectivity index (χ1n) is 9.36. The maximum absolute atomic E-state index is 6.17. The van der Waals surface area contributed by atoms with Crippen molar-refractivity contribution in [2.45, 2.75) is 26.2 Å². The van der Waals surface area contributed by atoms with Crippen LogP contribution in [0.2, 0.25) is 0 Å². The molecule has 6 heteroatoms. The van der Waals surface area contributed by atoms with Gasteiger partial charge in [0, 0.05) is 24.6 Å². The lowest BCUT2D eigenvalue weighted by atomic mass is 9.73. The number of pyridine rings is 1. The minimum atomic E-state index is 0.231. The number of aromatic nitrogens is 1. The number of aryl methyl sites for hydroxylation is 1. The SMILES string of the molecule is COc1ccc(NC(=S)N2CCC3(CC2)COc2c(C)cccc2C3)cn1. The summed E-state index contributed by atoms with van der Waals surface area (Å²) in [5.74, 6) is 1.69. The van der Waals surface area contributed by atoms with Gasteiger partial charge in [-0.3, -0.25) is 0 Å². The summed E-state index contributed by atoms with van der Waals surface area (Å²) in [5.41, 5.74) is 3.69. The molecule has 2 aliphatic heterocycles. The van der Waals surface area contributed by atoms with Gasteiger partial charge in [-0.2, -0.15) is 0 Å². The molecule has 1 aromatic carbocycles. The highest BCUT2D eigenvalue weighted by Gasteiger charge is 2.39. The Morgan fingerprint density at radius 3 is 2.78 bits per heavy atom. The Morgan fingerprint density at radius 1 is 1.26 bits per heavy atom. The number of fused-ring (bicyclic) bond motifs is 1. The fourth-order valence-electron chi connectivity index (χ4n) is 4.02. The van der Waals surface area contributed by atoms with Gasteiger partial charge >= 0.3 is 0 Å². The van der Waals surface area contributed by atoms with Gasteiger partial charge in [0.1, 0.15) is 5.75 Å². The number of hydrogen-bond acceptors (Lipinski definition) is 4. The van der Waals surface area contributed by atoms with Crippen LogP contribution in [0.5, 0.6) is 11.6 Å². The third-order valence-electron chi connectivity index (χ3n) is 5.69. The lowest BCUT2D eigenvalue weighted by Crippen LogP contribution is -2.48. The van der Waals surface area contributed by atoms with Crippen molar-refractivity contribution in [2.24, 2.45) is 5.41 Å². The van der Waals surface area contributed by atoms with Gasteiger partial charge in [-0.1, -0.05) is 18.2 Å². The van der Waals surface area contributed by atoms with Crippen molar-refractivity contribution in [3.05, 3.63) is 47.7 Å². The topological polar surface area (TPSA) is 46.6 Å². The molecule has 0 radical (unpaired) electrons. The molecule has 0 unspecified atom stereocenters. The molecule has 0 aliphatic carbocycles. The predicted molar refractivity (Wildman–Crippen MR) is 111 cm³/mol. The third-order valence-corrected chi connectivity index (χ3v) is 6.05. The summed E-state index contributed by atoms with van der Waals surface area (Å²) in [6.07, 6.45) is 5.01. The van der Waals surface area contributed by atoms with Crippen LogP contribution in [0.25, 0.3) is 0 Å². The van der Waals surface area contributed by atoms with E-state index >= 15 is 0 Å². The lowest BCUT2D eigenvalue weighted by Gasteiger charge is -2.45. The number of methoxy groups -OCH3 is 1. The summed E-state index contributed by atoms with van der Waals surface area (Å²) >= 11 is 5.61. The Bertz CT molecular complexity index is 830. The molecule has 3 heterocycles. The molecule has 0 amide bonds. The third kappa shape index (κ3) is 3.72. The second kappa shape index (κ2) is 7.35. The van der Waals surface area contributed by atoms with Gasteiger partial charge in [-0.25, -0.2) is 4.98 Å². The number of nitrogens with zero attached hydrogens (tertiary/aromatic N) is 2. The Morgan fingerprint density at radius 2 is 2.07 bits per heavy atom. The monoisotopic (exact) mass is 383 g/mol. The summed E-state index contributed by atoms with van der Waals surface area (Å²) < 4.78 is 11.3. The normalized spacial score (nSPS) is 17.8. The van der Waals surface area contributed by atoms with E-state index in [0.717, 1.165) is 55.5 Å². The highest BCUT2D eigenvalue weighted by molar-refractivity contribution is 7.80. The van der Waals surface area contributed by atoms with Crippen LogP contribution in [-0.4, -0.2) is 41.8 Å². The zero-order chi connectivity index (χ0) is 18.9. The number of nitrogens with one attached hydrogen (secondary N) is 1. The highest BCUT2D eigenvalue weighted by Crippen LogP contribution is 2.42. The van der Waals surface area contributed by atoms with E-state index in [9.17, 15) is 0 Å². The molecular weight excluding hydrogens is 358 g/mol. The first kappa shape index (κ1) is 18.0. The Balaban J connectivity index is 1.36. The number of anilines is 1. The number of piperidine rings is 1. The largest absolute Gasteiger partial charge is 0.492 e. The molecule has 0 atom stereocenters. The molecule has 2 aliphatic rings. The van der Waals surface area contributed by atoms with Gasteiger partial charge in [0.15, 0.2) is 5.11 Å². The van der Waals surface area contributed by atoms with Gasteiger partial charge in [0.25, 0.3) is 0 Å². The summed E-state index contributed by atoms with van der Waals surface area (Å²) in [4.78, 5) is 6.46. The smallest absolute Gasteiger partial charge is 0.213 e. The van der Waals surface area contributed by atoms with Crippen LogP contribution in [0.4, 0.5) is 5.69 Å².